The Labute approximate surface area is 141 Å². The molecular weight excluding hydrogens is 349 g/mol. The maximum atomic E-state index is 10.6. The monoisotopic (exact) mass is 355 g/mol. The van der Waals surface area contributed by atoms with Crippen LogP contribution in [-0.4, -0.2) is 4.92 Å². The molecule has 0 fully saturated rings. The molecule has 0 saturated carbocycles. The van der Waals surface area contributed by atoms with E-state index in [2.05, 4.69) is 10.2 Å². The smallest absolute Gasteiger partial charge is 0.258 e. The highest BCUT2D eigenvalue weighted by Gasteiger charge is 2.09. The van der Waals surface area contributed by atoms with Crippen molar-refractivity contribution in [1.29, 1.82) is 0 Å². The molecule has 0 amide bonds. The van der Waals surface area contributed by atoms with E-state index in [1.165, 1.54) is 24.3 Å². The van der Waals surface area contributed by atoms with Gasteiger partial charge < -0.3 is 0 Å². The van der Waals surface area contributed by atoms with E-state index >= 15 is 0 Å². The van der Waals surface area contributed by atoms with Crippen LogP contribution in [0.1, 0.15) is 5.56 Å². The lowest BCUT2D eigenvalue weighted by molar-refractivity contribution is -0.384. The maximum Gasteiger partial charge on any atom is 0.269 e. The van der Waals surface area contributed by atoms with Crippen molar-refractivity contribution in [3.8, 4) is 0 Å². The van der Waals surface area contributed by atoms with E-state index in [-0.39, 0.29) is 15.9 Å². The SMILES string of the molecule is O=[N+]([O-])c1ccc(C(N=Nc2ccc(Cl)cc2)=C(Cl)Cl)cc1. The van der Waals surface area contributed by atoms with Crippen LogP contribution in [0.5, 0.6) is 0 Å². The summed E-state index contributed by atoms with van der Waals surface area (Å²) in [7, 11) is 0. The lowest BCUT2D eigenvalue weighted by Gasteiger charge is -2.01. The van der Waals surface area contributed by atoms with Gasteiger partial charge in [0, 0.05) is 22.7 Å². The van der Waals surface area contributed by atoms with Crippen LogP contribution < -0.4 is 0 Å². The molecule has 0 unspecified atom stereocenters. The fourth-order valence-corrected chi connectivity index (χ4v) is 1.98. The van der Waals surface area contributed by atoms with Crippen molar-refractivity contribution in [1.82, 2.24) is 0 Å². The minimum Gasteiger partial charge on any atom is -0.258 e. The summed E-state index contributed by atoms with van der Waals surface area (Å²) in [5.74, 6) is 0. The molecule has 0 spiro atoms. The second kappa shape index (κ2) is 7.35. The van der Waals surface area contributed by atoms with Gasteiger partial charge in [-0.05, 0) is 36.4 Å². The molecule has 0 aromatic heterocycles. The van der Waals surface area contributed by atoms with Crippen molar-refractivity contribution in [3.63, 3.8) is 0 Å². The molecule has 0 radical (unpaired) electrons. The Morgan fingerprint density at radius 1 is 1.00 bits per heavy atom. The highest BCUT2D eigenvalue weighted by atomic mass is 35.5. The van der Waals surface area contributed by atoms with E-state index in [0.717, 1.165) is 0 Å². The Bertz CT molecular complexity index is 737. The molecule has 2 aromatic carbocycles. The summed E-state index contributed by atoms with van der Waals surface area (Å²) in [4.78, 5) is 10.1. The molecule has 0 heterocycles. The maximum absolute atomic E-state index is 10.6. The number of nitro groups is 1. The molecule has 112 valence electrons. The quantitative estimate of drug-likeness (QED) is 0.375. The first-order chi connectivity index (χ1) is 10.5. The fourth-order valence-electron chi connectivity index (χ4n) is 1.56. The third-order valence-corrected chi connectivity index (χ3v) is 3.23. The van der Waals surface area contributed by atoms with Crippen LogP contribution in [0.15, 0.2) is 63.3 Å². The van der Waals surface area contributed by atoms with Gasteiger partial charge >= 0.3 is 0 Å². The van der Waals surface area contributed by atoms with Crippen LogP contribution in [0.2, 0.25) is 5.02 Å². The third-order valence-electron chi connectivity index (χ3n) is 2.62. The van der Waals surface area contributed by atoms with Crippen LogP contribution in [0.3, 0.4) is 0 Å². The number of hydrogen-bond acceptors (Lipinski definition) is 4. The van der Waals surface area contributed by atoms with Gasteiger partial charge in [0.2, 0.25) is 0 Å². The molecule has 0 saturated heterocycles. The molecule has 0 atom stereocenters. The van der Waals surface area contributed by atoms with Crippen LogP contribution in [0.4, 0.5) is 11.4 Å². The molecular formula is C14H8Cl3N3O2. The van der Waals surface area contributed by atoms with Gasteiger partial charge in [0.05, 0.1) is 10.6 Å². The zero-order valence-corrected chi connectivity index (χ0v) is 13.2. The predicted molar refractivity (Wildman–Crippen MR) is 87.7 cm³/mol. The molecule has 2 rings (SSSR count). The summed E-state index contributed by atoms with van der Waals surface area (Å²) < 4.78 is -0.0911. The van der Waals surface area contributed by atoms with E-state index in [1.54, 1.807) is 24.3 Å². The van der Waals surface area contributed by atoms with Gasteiger partial charge in [-0.25, -0.2) is 0 Å². The standard InChI is InChI=1S/C14H8Cl3N3O2/c15-10-3-5-11(6-4-10)18-19-13(14(16)17)9-1-7-12(8-2-9)20(21)22/h1-8H. The van der Waals surface area contributed by atoms with Gasteiger partial charge in [-0.15, -0.1) is 5.11 Å². The van der Waals surface area contributed by atoms with Crippen molar-refractivity contribution < 1.29 is 4.92 Å². The predicted octanol–water partition coefficient (Wildman–Crippen LogP) is 6.14. The largest absolute Gasteiger partial charge is 0.269 e. The average Bonchev–Trinajstić information content (AvgIpc) is 2.49. The number of halogens is 3. The summed E-state index contributed by atoms with van der Waals surface area (Å²) in [5.41, 5.74) is 1.26. The molecule has 22 heavy (non-hydrogen) atoms. The van der Waals surface area contributed by atoms with Gasteiger partial charge in [-0.2, -0.15) is 5.11 Å². The first-order valence-corrected chi connectivity index (χ1v) is 7.08. The normalized spacial score (nSPS) is 10.7. The van der Waals surface area contributed by atoms with Crippen molar-refractivity contribution in [2.24, 2.45) is 10.2 Å². The number of azo groups is 1. The molecule has 0 aliphatic carbocycles. The highest BCUT2D eigenvalue weighted by molar-refractivity contribution is 6.58. The molecule has 0 bridgehead atoms. The lowest BCUT2D eigenvalue weighted by Crippen LogP contribution is -1.88. The van der Waals surface area contributed by atoms with Crippen LogP contribution in [-0.2, 0) is 0 Å². The van der Waals surface area contributed by atoms with E-state index in [4.69, 9.17) is 34.8 Å². The summed E-state index contributed by atoms with van der Waals surface area (Å²) in [6.45, 7) is 0. The van der Waals surface area contributed by atoms with E-state index in [1.807, 2.05) is 0 Å². The van der Waals surface area contributed by atoms with Crippen LogP contribution in [0, 0.1) is 10.1 Å². The van der Waals surface area contributed by atoms with Gasteiger partial charge in [0.1, 0.15) is 10.2 Å². The number of non-ortho nitro benzene ring substituents is 1. The number of hydrogen-bond donors (Lipinski definition) is 0. The molecule has 0 N–H and O–H groups in total. The third kappa shape index (κ3) is 4.27. The number of benzene rings is 2. The average molecular weight is 357 g/mol. The van der Waals surface area contributed by atoms with Gasteiger partial charge in [0.15, 0.2) is 0 Å². The minimum absolute atomic E-state index is 0.0385. The van der Waals surface area contributed by atoms with Crippen molar-refractivity contribution >= 4 is 51.9 Å². The first kappa shape index (κ1) is 16.4. The van der Waals surface area contributed by atoms with Gasteiger partial charge in [0.25, 0.3) is 5.69 Å². The van der Waals surface area contributed by atoms with Crippen LogP contribution >= 0.6 is 34.8 Å². The number of rotatable bonds is 4. The van der Waals surface area contributed by atoms with Crippen molar-refractivity contribution in [2.45, 2.75) is 0 Å². The summed E-state index contributed by atoms with van der Waals surface area (Å²) >= 11 is 17.4. The van der Waals surface area contributed by atoms with Crippen molar-refractivity contribution in [3.05, 3.63) is 73.7 Å². The fraction of sp³-hybridized carbons (Fsp3) is 0. The zero-order valence-electron chi connectivity index (χ0n) is 10.9. The lowest BCUT2D eigenvalue weighted by atomic mass is 10.1. The Morgan fingerprint density at radius 2 is 1.59 bits per heavy atom. The zero-order chi connectivity index (χ0) is 16.1. The molecule has 0 aliphatic rings. The minimum atomic E-state index is -0.495. The van der Waals surface area contributed by atoms with Gasteiger partial charge in [-0.1, -0.05) is 34.8 Å². The first-order valence-electron chi connectivity index (χ1n) is 5.95. The molecule has 5 nitrogen and oxygen atoms in total. The number of nitro benzene ring substituents is 1. The van der Waals surface area contributed by atoms with E-state index in [0.29, 0.717) is 16.3 Å². The van der Waals surface area contributed by atoms with E-state index in [9.17, 15) is 10.1 Å². The van der Waals surface area contributed by atoms with Gasteiger partial charge in [-0.3, -0.25) is 10.1 Å². The second-order valence-electron chi connectivity index (χ2n) is 4.09. The Hall–Kier alpha value is -1.95. The topological polar surface area (TPSA) is 67.9 Å². The summed E-state index contributed by atoms with van der Waals surface area (Å²) in [6.07, 6.45) is 0. The van der Waals surface area contributed by atoms with E-state index < -0.39 is 4.92 Å². The Balaban J connectivity index is 2.29. The molecule has 2 aromatic rings. The summed E-state index contributed by atoms with van der Waals surface area (Å²) in [6, 6.07) is 12.4. The second-order valence-corrected chi connectivity index (χ2v) is 5.48. The van der Waals surface area contributed by atoms with Crippen LogP contribution in [0.25, 0.3) is 5.70 Å². The summed E-state index contributed by atoms with van der Waals surface area (Å²) in [5, 5.41) is 19.2. The Kier molecular flexibility index (Phi) is 5.49. The molecule has 8 heteroatoms. The Morgan fingerprint density at radius 3 is 2.09 bits per heavy atom. The number of nitrogens with zero attached hydrogens (tertiary/aromatic N) is 3. The van der Waals surface area contributed by atoms with Crippen molar-refractivity contribution in [2.75, 3.05) is 0 Å². The molecule has 0 aliphatic heterocycles. The highest BCUT2D eigenvalue weighted by Crippen LogP contribution is 2.29.